The van der Waals surface area contributed by atoms with Crippen LogP contribution in [0.2, 0.25) is 0 Å². The summed E-state index contributed by atoms with van der Waals surface area (Å²) in [6, 6.07) is 0. The van der Waals surface area contributed by atoms with Gasteiger partial charge in [-0.15, -0.1) is 11.3 Å². The molecular formula is C9H15N3O2S. The molecule has 0 saturated carbocycles. The Morgan fingerprint density at radius 1 is 1.80 bits per heavy atom. The lowest BCUT2D eigenvalue weighted by Gasteiger charge is -2.16. The fraction of sp³-hybridized carbons (Fsp3) is 0.556. The van der Waals surface area contributed by atoms with Crippen LogP contribution in [0.25, 0.3) is 0 Å². The normalized spacial score (nSPS) is 12.8. The molecule has 0 aliphatic heterocycles. The number of aromatic nitrogens is 1. The second-order valence-electron chi connectivity index (χ2n) is 3.43. The van der Waals surface area contributed by atoms with Gasteiger partial charge in [0.25, 0.3) is 0 Å². The van der Waals surface area contributed by atoms with Crippen LogP contribution in [0.15, 0.2) is 11.6 Å². The van der Waals surface area contributed by atoms with Crippen LogP contribution in [0.1, 0.15) is 6.92 Å². The van der Waals surface area contributed by atoms with Crippen molar-refractivity contribution < 1.29 is 9.90 Å². The van der Waals surface area contributed by atoms with Gasteiger partial charge < -0.3 is 10.4 Å². The van der Waals surface area contributed by atoms with Crippen molar-refractivity contribution in [2.75, 3.05) is 25.5 Å². The number of likely N-dealkylation sites (N-methyl/N-ethyl adjacent to an activating group) is 1. The van der Waals surface area contributed by atoms with Crippen molar-refractivity contribution in [3.63, 3.8) is 0 Å². The smallest absolute Gasteiger partial charge is 0.240 e. The number of carbonyl (C=O) groups is 1. The van der Waals surface area contributed by atoms with Gasteiger partial charge in [-0.3, -0.25) is 9.69 Å². The highest BCUT2D eigenvalue weighted by Crippen LogP contribution is 2.09. The quantitative estimate of drug-likeness (QED) is 0.767. The summed E-state index contributed by atoms with van der Waals surface area (Å²) < 4.78 is 0. The fourth-order valence-corrected chi connectivity index (χ4v) is 1.75. The maximum atomic E-state index is 11.4. The van der Waals surface area contributed by atoms with E-state index < -0.39 is 6.10 Å². The van der Waals surface area contributed by atoms with E-state index in [1.54, 1.807) is 30.4 Å². The molecule has 1 atom stereocenters. The van der Waals surface area contributed by atoms with Gasteiger partial charge in [-0.05, 0) is 14.0 Å². The molecule has 2 N–H and O–H groups in total. The van der Waals surface area contributed by atoms with Crippen molar-refractivity contribution in [2.24, 2.45) is 0 Å². The van der Waals surface area contributed by atoms with Crippen molar-refractivity contribution in [1.82, 2.24) is 9.88 Å². The Labute approximate surface area is 92.7 Å². The van der Waals surface area contributed by atoms with E-state index in [9.17, 15) is 4.79 Å². The molecule has 0 aliphatic rings. The highest BCUT2D eigenvalue weighted by atomic mass is 32.1. The van der Waals surface area contributed by atoms with Gasteiger partial charge in [-0.2, -0.15) is 0 Å². The standard InChI is InChI=1S/C9H15N3O2S/c1-7(13)5-12(2)6-8(14)11-9-10-3-4-15-9/h3-4,7,13H,5-6H2,1-2H3,(H,10,11,14). The predicted octanol–water partition coefficient (Wildman–Crippen LogP) is 0.394. The molecule has 0 fully saturated rings. The van der Waals surface area contributed by atoms with Crippen LogP contribution < -0.4 is 5.32 Å². The van der Waals surface area contributed by atoms with Gasteiger partial charge in [0.05, 0.1) is 12.6 Å². The topological polar surface area (TPSA) is 65.5 Å². The maximum Gasteiger partial charge on any atom is 0.240 e. The number of anilines is 1. The van der Waals surface area contributed by atoms with Crippen LogP contribution in [0.5, 0.6) is 0 Å². The molecular weight excluding hydrogens is 214 g/mol. The zero-order valence-electron chi connectivity index (χ0n) is 8.80. The number of nitrogens with zero attached hydrogens (tertiary/aromatic N) is 2. The van der Waals surface area contributed by atoms with Crippen molar-refractivity contribution >= 4 is 22.4 Å². The Morgan fingerprint density at radius 2 is 2.53 bits per heavy atom. The lowest BCUT2D eigenvalue weighted by Crippen LogP contribution is -2.34. The molecule has 0 aliphatic carbocycles. The number of hydrogen-bond donors (Lipinski definition) is 2. The van der Waals surface area contributed by atoms with Crippen molar-refractivity contribution in [3.05, 3.63) is 11.6 Å². The summed E-state index contributed by atoms with van der Waals surface area (Å²) in [6.07, 6.45) is 1.21. The fourth-order valence-electron chi connectivity index (χ4n) is 1.20. The van der Waals surface area contributed by atoms with E-state index in [4.69, 9.17) is 5.11 Å². The Hall–Kier alpha value is -0.980. The number of hydrogen-bond acceptors (Lipinski definition) is 5. The molecule has 0 saturated heterocycles. The van der Waals surface area contributed by atoms with E-state index in [0.29, 0.717) is 11.7 Å². The van der Waals surface area contributed by atoms with Crippen LogP contribution in [0.3, 0.4) is 0 Å². The number of aliphatic hydroxyl groups excluding tert-OH is 1. The third-order valence-electron chi connectivity index (χ3n) is 1.67. The van der Waals surface area contributed by atoms with Gasteiger partial charge in [0, 0.05) is 18.1 Å². The van der Waals surface area contributed by atoms with Crippen LogP contribution in [-0.2, 0) is 4.79 Å². The summed E-state index contributed by atoms with van der Waals surface area (Å²) in [5.41, 5.74) is 0. The lowest BCUT2D eigenvalue weighted by atomic mass is 10.3. The minimum Gasteiger partial charge on any atom is -0.392 e. The largest absolute Gasteiger partial charge is 0.392 e. The molecule has 0 radical (unpaired) electrons. The lowest BCUT2D eigenvalue weighted by molar-refractivity contribution is -0.117. The van der Waals surface area contributed by atoms with Crippen LogP contribution in [0, 0.1) is 0 Å². The first kappa shape index (κ1) is 12.1. The molecule has 1 aromatic heterocycles. The molecule has 1 rings (SSSR count). The van der Waals surface area contributed by atoms with Gasteiger partial charge in [0.1, 0.15) is 0 Å². The maximum absolute atomic E-state index is 11.4. The van der Waals surface area contributed by atoms with Gasteiger partial charge in [0.15, 0.2) is 5.13 Å². The Kier molecular flexibility index (Phi) is 4.67. The van der Waals surface area contributed by atoms with Gasteiger partial charge in [-0.25, -0.2) is 4.98 Å². The number of aliphatic hydroxyl groups is 1. The molecule has 6 heteroatoms. The Bertz CT molecular complexity index is 300. The number of amides is 1. The van der Waals surface area contributed by atoms with E-state index in [2.05, 4.69) is 10.3 Å². The SMILES string of the molecule is CC(O)CN(C)CC(=O)Nc1nccs1. The average Bonchev–Trinajstić information content (AvgIpc) is 2.53. The van der Waals surface area contributed by atoms with Gasteiger partial charge in [0.2, 0.25) is 5.91 Å². The summed E-state index contributed by atoms with van der Waals surface area (Å²) in [4.78, 5) is 17.1. The monoisotopic (exact) mass is 229 g/mol. The molecule has 15 heavy (non-hydrogen) atoms. The molecule has 5 nitrogen and oxygen atoms in total. The summed E-state index contributed by atoms with van der Waals surface area (Å²) in [7, 11) is 1.79. The highest BCUT2D eigenvalue weighted by molar-refractivity contribution is 7.13. The number of thiazole rings is 1. The van der Waals surface area contributed by atoms with E-state index in [1.165, 1.54) is 11.3 Å². The third-order valence-corrected chi connectivity index (χ3v) is 2.36. The van der Waals surface area contributed by atoms with Crippen molar-refractivity contribution in [3.8, 4) is 0 Å². The van der Waals surface area contributed by atoms with Gasteiger partial charge in [-0.1, -0.05) is 0 Å². The second-order valence-corrected chi connectivity index (χ2v) is 4.33. The zero-order chi connectivity index (χ0) is 11.3. The van der Waals surface area contributed by atoms with E-state index in [1.807, 2.05) is 0 Å². The third kappa shape index (κ3) is 4.87. The van der Waals surface area contributed by atoms with Crippen LogP contribution in [0.4, 0.5) is 5.13 Å². The summed E-state index contributed by atoms with van der Waals surface area (Å²) in [5, 5.41) is 14.2. The van der Waals surface area contributed by atoms with E-state index >= 15 is 0 Å². The van der Waals surface area contributed by atoms with Crippen molar-refractivity contribution in [1.29, 1.82) is 0 Å². The molecule has 1 unspecified atom stereocenters. The zero-order valence-corrected chi connectivity index (χ0v) is 9.62. The molecule has 84 valence electrons. The van der Waals surface area contributed by atoms with E-state index in [-0.39, 0.29) is 12.5 Å². The molecule has 1 amide bonds. The van der Waals surface area contributed by atoms with Crippen LogP contribution in [-0.4, -0.2) is 47.1 Å². The predicted molar refractivity (Wildman–Crippen MR) is 59.9 cm³/mol. The Morgan fingerprint density at radius 3 is 3.07 bits per heavy atom. The number of nitrogens with one attached hydrogen (secondary N) is 1. The summed E-state index contributed by atoms with van der Waals surface area (Å²) in [6.45, 7) is 2.42. The minimum atomic E-state index is -0.428. The number of rotatable bonds is 5. The summed E-state index contributed by atoms with van der Waals surface area (Å²) >= 11 is 1.38. The number of carbonyl (C=O) groups excluding carboxylic acids is 1. The first-order valence-corrected chi connectivity index (χ1v) is 5.52. The highest BCUT2D eigenvalue weighted by Gasteiger charge is 2.09. The van der Waals surface area contributed by atoms with Crippen molar-refractivity contribution in [2.45, 2.75) is 13.0 Å². The second kappa shape index (κ2) is 5.79. The summed E-state index contributed by atoms with van der Waals surface area (Å²) in [5.74, 6) is -0.117. The molecule has 1 heterocycles. The molecule has 0 aromatic carbocycles. The Balaban J connectivity index is 2.30. The molecule has 1 aromatic rings. The first-order valence-electron chi connectivity index (χ1n) is 4.64. The first-order chi connectivity index (χ1) is 7.08. The molecule has 0 spiro atoms. The van der Waals surface area contributed by atoms with Crippen LogP contribution >= 0.6 is 11.3 Å². The van der Waals surface area contributed by atoms with Gasteiger partial charge >= 0.3 is 0 Å². The minimum absolute atomic E-state index is 0.117. The van der Waals surface area contributed by atoms with E-state index in [0.717, 1.165) is 0 Å². The average molecular weight is 229 g/mol. The molecule has 0 bridgehead atoms.